The van der Waals surface area contributed by atoms with E-state index in [-0.39, 0.29) is 17.8 Å². The number of ether oxygens (including phenoxy) is 1. The lowest BCUT2D eigenvalue weighted by Gasteiger charge is -2.29. The third kappa shape index (κ3) is 3.46. The zero-order valence-electron chi connectivity index (χ0n) is 13.0. The quantitative estimate of drug-likeness (QED) is 0.636. The summed E-state index contributed by atoms with van der Waals surface area (Å²) in [6.45, 7) is 3.57. The second-order valence-electron chi connectivity index (χ2n) is 5.22. The zero-order chi connectivity index (χ0) is 17.0. The topological polar surface area (TPSA) is 80.6 Å². The highest BCUT2D eigenvalue weighted by Crippen LogP contribution is 2.32. The summed E-state index contributed by atoms with van der Waals surface area (Å²) in [6.07, 6.45) is 8.75. The highest BCUT2D eigenvalue weighted by molar-refractivity contribution is 5.97. The van der Waals surface area contributed by atoms with Crippen LogP contribution in [-0.4, -0.2) is 28.2 Å². The van der Waals surface area contributed by atoms with E-state index in [4.69, 9.17) is 11.2 Å². The van der Waals surface area contributed by atoms with Crippen molar-refractivity contribution in [1.82, 2.24) is 9.88 Å². The molecule has 6 nitrogen and oxygen atoms in total. The zero-order valence-corrected chi connectivity index (χ0v) is 13.0. The SMILES string of the molecule is C#CCOC(=O)C1=C(C)NC(C)=C(C(=O)O)C1Cn1cccc1. The van der Waals surface area contributed by atoms with Crippen LogP contribution in [0.3, 0.4) is 0 Å². The van der Waals surface area contributed by atoms with Crippen molar-refractivity contribution < 1.29 is 19.4 Å². The molecule has 0 saturated carbocycles. The second-order valence-corrected chi connectivity index (χ2v) is 5.22. The van der Waals surface area contributed by atoms with Gasteiger partial charge in [-0.1, -0.05) is 5.92 Å². The molecule has 0 radical (unpaired) electrons. The van der Waals surface area contributed by atoms with Crippen LogP contribution in [0.2, 0.25) is 0 Å². The average molecular weight is 314 g/mol. The van der Waals surface area contributed by atoms with Crippen LogP contribution < -0.4 is 5.32 Å². The lowest BCUT2D eigenvalue weighted by atomic mass is 9.85. The maximum Gasteiger partial charge on any atom is 0.337 e. The van der Waals surface area contributed by atoms with Gasteiger partial charge in [-0.3, -0.25) is 0 Å². The lowest BCUT2D eigenvalue weighted by Crippen LogP contribution is -2.34. The van der Waals surface area contributed by atoms with Crippen molar-refractivity contribution >= 4 is 11.9 Å². The van der Waals surface area contributed by atoms with Gasteiger partial charge in [-0.25, -0.2) is 9.59 Å². The van der Waals surface area contributed by atoms with Crippen LogP contribution in [0.4, 0.5) is 0 Å². The molecule has 6 heteroatoms. The first kappa shape index (κ1) is 16.4. The monoisotopic (exact) mass is 314 g/mol. The molecule has 0 amide bonds. The number of aliphatic carboxylic acids is 1. The Kier molecular flexibility index (Phi) is 4.91. The number of carbonyl (C=O) groups is 2. The fourth-order valence-electron chi connectivity index (χ4n) is 2.76. The summed E-state index contributed by atoms with van der Waals surface area (Å²) in [5.41, 5.74) is 1.53. The van der Waals surface area contributed by atoms with E-state index < -0.39 is 17.9 Å². The van der Waals surface area contributed by atoms with Gasteiger partial charge in [-0.05, 0) is 26.0 Å². The minimum atomic E-state index is -1.07. The van der Waals surface area contributed by atoms with Crippen molar-refractivity contribution in [2.24, 2.45) is 5.92 Å². The molecule has 0 spiro atoms. The minimum Gasteiger partial charge on any atom is -0.478 e. The number of allylic oxidation sites excluding steroid dienone is 2. The molecule has 120 valence electrons. The first-order valence-electron chi connectivity index (χ1n) is 7.09. The highest BCUT2D eigenvalue weighted by Gasteiger charge is 2.36. The van der Waals surface area contributed by atoms with Gasteiger partial charge < -0.3 is 19.7 Å². The van der Waals surface area contributed by atoms with Gasteiger partial charge in [0.25, 0.3) is 0 Å². The van der Waals surface area contributed by atoms with Crippen molar-refractivity contribution in [3.63, 3.8) is 0 Å². The molecule has 1 aromatic heterocycles. The van der Waals surface area contributed by atoms with Gasteiger partial charge >= 0.3 is 11.9 Å². The normalized spacial score (nSPS) is 17.5. The van der Waals surface area contributed by atoms with E-state index in [0.29, 0.717) is 17.9 Å². The molecule has 1 aromatic rings. The van der Waals surface area contributed by atoms with E-state index in [1.165, 1.54) is 0 Å². The lowest BCUT2D eigenvalue weighted by molar-refractivity contribution is -0.138. The maximum atomic E-state index is 12.3. The smallest absolute Gasteiger partial charge is 0.337 e. The number of nitrogens with zero attached hydrogens (tertiary/aromatic N) is 1. The molecular weight excluding hydrogens is 296 g/mol. The standard InChI is InChI=1S/C17H18N2O4/c1-4-9-23-17(22)15-12(3)18-11(2)14(16(20)21)13(15)10-19-7-5-6-8-19/h1,5-8,13,18H,9-10H2,2-3H3,(H,20,21). The number of rotatable bonds is 5. The summed E-state index contributed by atoms with van der Waals surface area (Å²) in [5.74, 6) is -0.0512. The Hall–Kier alpha value is -2.94. The molecule has 0 bridgehead atoms. The summed E-state index contributed by atoms with van der Waals surface area (Å²) in [4.78, 5) is 24.0. The maximum absolute atomic E-state index is 12.3. The van der Waals surface area contributed by atoms with E-state index in [0.717, 1.165) is 0 Å². The Bertz CT molecular complexity index is 720. The van der Waals surface area contributed by atoms with Gasteiger partial charge in [-0.15, -0.1) is 6.42 Å². The second kappa shape index (κ2) is 6.88. The van der Waals surface area contributed by atoms with Gasteiger partial charge in [0.1, 0.15) is 0 Å². The number of terminal acetylenes is 1. The number of hydrogen-bond acceptors (Lipinski definition) is 4. The number of carboxylic acids is 1. The van der Waals surface area contributed by atoms with Crippen LogP contribution in [0, 0.1) is 18.3 Å². The van der Waals surface area contributed by atoms with Gasteiger partial charge in [0, 0.05) is 36.3 Å². The molecule has 0 aromatic carbocycles. The molecule has 2 rings (SSSR count). The number of carbonyl (C=O) groups excluding carboxylic acids is 1. The molecule has 0 saturated heterocycles. The van der Waals surface area contributed by atoms with E-state index in [1.54, 1.807) is 13.8 Å². The van der Waals surface area contributed by atoms with Crippen molar-refractivity contribution in [3.8, 4) is 12.3 Å². The van der Waals surface area contributed by atoms with Gasteiger partial charge in [0.2, 0.25) is 0 Å². The van der Waals surface area contributed by atoms with E-state index in [9.17, 15) is 14.7 Å². The summed E-state index contributed by atoms with van der Waals surface area (Å²) in [5, 5.41) is 12.5. The van der Waals surface area contributed by atoms with Crippen molar-refractivity contribution in [2.45, 2.75) is 20.4 Å². The predicted octanol–water partition coefficient (Wildman–Crippen LogP) is 1.52. The van der Waals surface area contributed by atoms with Crippen LogP contribution in [-0.2, 0) is 20.9 Å². The number of nitrogens with one attached hydrogen (secondary N) is 1. The van der Waals surface area contributed by atoms with E-state index >= 15 is 0 Å². The average Bonchev–Trinajstić information content (AvgIpc) is 2.97. The summed E-state index contributed by atoms with van der Waals surface area (Å²) in [6, 6.07) is 3.68. The molecule has 0 fully saturated rings. The molecule has 1 aliphatic heterocycles. The van der Waals surface area contributed by atoms with Crippen molar-refractivity contribution in [1.29, 1.82) is 0 Å². The molecule has 1 aliphatic rings. The Morgan fingerprint density at radius 3 is 2.48 bits per heavy atom. The summed E-state index contributed by atoms with van der Waals surface area (Å²) >= 11 is 0. The number of aromatic nitrogens is 1. The largest absolute Gasteiger partial charge is 0.478 e. The van der Waals surface area contributed by atoms with Crippen LogP contribution >= 0.6 is 0 Å². The number of hydrogen-bond donors (Lipinski definition) is 2. The Morgan fingerprint density at radius 1 is 1.30 bits per heavy atom. The molecule has 2 heterocycles. The van der Waals surface area contributed by atoms with E-state index in [1.807, 2.05) is 29.1 Å². The molecule has 2 N–H and O–H groups in total. The van der Waals surface area contributed by atoms with Crippen LogP contribution in [0.25, 0.3) is 0 Å². The summed E-state index contributed by atoms with van der Waals surface area (Å²) in [7, 11) is 0. The predicted molar refractivity (Wildman–Crippen MR) is 83.9 cm³/mol. The van der Waals surface area contributed by atoms with E-state index in [2.05, 4.69) is 11.2 Å². The van der Waals surface area contributed by atoms with Crippen molar-refractivity contribution in [3.05, 3.63) is 47.1 Å². The number of dihydropyridines is 1. The molecule has 0 aliphatic carbocycles. The third-order valence-electron chi connectivity index (χ3n) is 3.68. The molecule has 23 heavy (non-hydrogen) atoms. The Balaban J connectivity index is 2.43. The van der Waals surface area contributed by atoms with Crippen LogP contribution in [0.5, 0.6) is 0 Å². The minimum absolute atomic E-state index is 0.150. The third-order valence-corrected chi connectivity index (χ3v) is 3.68. The first-order chi connectivity index (χ1) is 11.0. The fourth-order valence-corrected chi connectivity index (χ4v) is 2.76. The first-order valence-corrected chi connectivity index (χ1v) is 7.09. The number of carboxylic acid groups (broad SMARTS) is 1. The molecular formula is C17H18N2O4. The number of esters is 1. The van der Waals surface area contributed by atoms with Gasteiger partial charge in [0.15, 0.2) is 6.61 Å². The van der Waals surface area contributed by atoms with Crippen LogP contribution in [0.1, 0.15) is 13.8 Å². The Labute approximate surface area is 134 Å². The molecule has 1 atom stereocenters. The van der Waals surface area contributed by atoms with Crippen LogP contribution in [0.15, 0.2) is 47.1 Å². The Morgan fingerprint density at radius 2 is 1.91 bits per heavy atom. The molecule has 1 unspecified atom stereocenters. The van der Waals surface area contributed by atoms with Gasteiger partial charge in [-0.2, -0.15) is 0 Å². The van der Waals surface area contributed by atoms with Crippen molar-refractivity contribution in [2.75, 3.05) is 6.61 Å². The summed E-state index contributed by atoms with van der Waals surface area (Å²) < 4.78 is 6.84. The van der Waals surface area contributed by atoms with Gasteiger partial charge in [0.05, 0.1) is 11.1 Å². The highest BCUT2D eigenvalue weighted by atomic mass is 16.5. The fraction of sp³-hybridized carbons (Fsp3) is 0.294.